The van der Waals surface area contributed by atoms with Gasteiger partial charge in [-0.25, -0.2) is 14.6 Å². The number of nitrogens with zero attached hydrogens (tertiary/aromatic N) is 4. The lowest BCUT2D eigenvalue weighted by Gasteiger charge is -1.98. The fraction of sp³-hybridized carbons (Fsp3) is 0.182. The van der Waals surface area contributed by atoms with Crippen LogP contribution in [0.5, 0.6) is 0 Å². The fourth-order valence-corrected chi connectivity index (χ4v) is 2.50. The van der Waals surface area contributed by atoms with Crippen molar-refractivity contribution in [2.24, 2.45) is 0 Å². The van der Waals surface area contributed by atoms with Gasteiger partial charge in [0.05, 0.1) is 20.9 Å². The van der Waals surface area contributed by atoms with Crippen molar-refractivity contribution in [1.82, 2.24) is 19.7 Å². The van der Waals surface area contributed by atoms with Crippen LogP contribution in [0.2, 0.25) is 0 Å². The van der Waals surface area contributed by atoms with Gasteiger partial charge in [0, 0.05) is 0 Å². The molecule has 2 aromatic heterocycles. The van der Waals surface area contributed by atoms with Gasteiger partial charge in [-0.1, -0.05) is 0 Å². The molecule has 0 fully saturated rings. The first-order valence-corrected chi connectivity index (χ1v) is 5.80. The third kappa shape index (κ3) is 1.49. The average Bonchev–Trinajstić information content (AvgIpc) is 2.81. The predicted octanol–water partition coefficient (Wildman–Crippen LogP) is 2.49. The van der Waals surface area contributed by atoms with Gasteiger partial charge in [0.2, 0.25) is 0 Å². The molecule has 0 unspecified atom stereocenters. The molecule has 4 nitrogen and oxygen atoms in total. The Balaban J connectivity index is 2.17. The number of aryl methyl sites for hydroxylation is 2. The van der Waals surface area contributed by atoms with Gasteiger partial charge in [-0.3, -0.25) is 0 Å². The summed E-state index contributed by atoms with van der Waals surface area (Å²) in [6.45, 7) is 3.90. The van der Waals surface area contributed by atoms with Crippen LogP contribution in [0.3, 0.4) is 0 Å². The second kappa shape index (κ2) is 3.38. The largest absolute Gasteiger partial charge is 0.242 e. The lowest BCUT2D eigenvalue weighted by molar-refractivity contribution is 0.864. The zero-order valence-electron chi connectivity index (χ0n) is 9.01. The highest BCUT2D eigenvalue weighted by Gasteiger charge is 2.04. The second-order valence-electron chi connectivity index (χ2n) is 3.62. The molecule has 0 aliphatic carbocycles. The molecule has 0 amide bonds. The monoisotopic (exact) mass is 230 g/mol. The summed E-state index contributed by atoms with van der Waals surface area (Å²) < 4.78 is 2.97. The van der Waals surface area contributed by atoms with E-state index < -0.39 is 0 Å². The maximum absolute atomic E-state index is 4.43. The highest BCUT2D eigenvalue weighted by Crippen LogP contribution is 2.23. The number of rotatable bonds is 1. The third-order valence-electron chi connectivity index (χ3n) is 2.35. The number of aromatic nitrogens is 4. The van der Waals surface area contributed by atoms with Crippen LogP contribution in [0, 0.1) is 13.8 Å². The number of thiazole rings is 1. The van der Waals surface area contributed by atoms with Crippen LogP contribution in [0.15, 0.2) is 24.5 Å². The zero-order valence-corrected chi connectivity index (χ0v) is 9.82. The van der Waals surface area contributed by atoms with E-state index in [-0.39, 0.29) is 0 Å². The van der Waals surface area contributed by atoms with Gasteiger partial charge in [0.25, 0.3) is 0 Å². The van der Waals surface area contributed by atoms with Crippen molar-refractivity contribution in [2.45, 2.75) is 13.8 Å². The summed E-state index contributed by atoms with van der Waals surface area (Å²) in [5.74, 6) is 0.778. The van der Waals surface area contributed by atoms with E-state index in [1.165, 1.54) is 4.70 Å². The van der Waals surface area contributed by atoms with Gasteiger partial charge in [-0.15, -0.1) is 11.3 Å². The van der Waals surface area contributed by atoms with Gasteiger partial charge >= 0.3 is 0 Å². The first kappa shape index (κ1) is 9.47. The molecule has 0 radical (unpaired) electrons. The van der Waals surface area contributed by atoms with Gasteiger partial charge in [0.1, 0.15) is 12.2 Å². The summed E-state index contributed by atoms with van der Waals surface area (Å²) in [6.07, 6.45) is 1.73. The molecule has 0 saturated carbocycles. The smallest absolute Gasteiger partial charge is 0.147 e. The van der Waals surface area contributed by atoms with Crippen molar-refractivity contribution in [2.75, 3.05) is 0 Å². The predicted molar refractivity (Wildman–Crippen MR) is 64.0 cm³/mol. The van der Waals surface area contributed by atoms with Crippen LogP contribution < -0.4 is 0 Å². The summed E-state index contributed by atoms with van der Waals surface area (Å²) in [5.41, 5.74) is 2.07. The van der Waals surface area contributed by atoms with Gasteiger partial charge < -0.3 is 0 Å². The van der Waals surface area contributed by atoms with Crippen LogP contribution in [0.4, 0.5) is 0 Å². The van der Waals surface area contributed by atoms with Gasteiger partial charge in [-0.2, -0.15) is 5.10 Å². The maximum atomic E-state index is 4.43. The van der Waals surface area contributed by atoms with Crippen LogP contribution in [-0.2, 0) is 0 Å². The molecule has 16 heavy (non-hydrogen) atoms. The standard InChI is InChI=1S/C11H10N4S/c1-7-12-6-15(14-7)9-3-4-10-11(5-9)16-8(2)13-10/h3-6H,1-2H3. The Bertz CT molecular complexity index is 653. The van der Waals surface area contributed by atoms with Crippen molar-refractivity contribution in [1.29, 1.82) is 0 Å². The summed E-state index contributed by atoms with van der Waals surface area (Å²) in [7, 11) is 0. The van der Waals surface area contributed by atoms with E-state index in [1.54, 1.807) is 22.3 Å². The third-order valence-corrected chi connectivity index (χ3v) is 3.28. The molecular weight excluding hydrogens is 220 g/mol. The van der Waals surface area contributed by atoms with E-state index >= 15 is 0 Å². The van der Waals surface area contributed by atoms with E-state index in [2.05, 4.69) is 21.1 Å². The number of hydrogen-bond donors (Lipinski definition) is 0. The molecule has 0 spiro atoms. The maximum Gasteiger partial charge on any atom is 0.147 e. The Kier molecular flexibility index (Phi) is 2.00. The second-order valence-corrected chi connectivity index (χ2v) is 4.86. The van der Waals surface area contributed by atoms with Gasteiger partial charge in [-0.05, 0) is 32.0 Å². The lowest BCUT2D eigenvalue weighted by Crippen LogP contribution is -1.94. The van der Waals surface area contributed by atoms with E-state index in [4.69, 9.17) is 0 Å². The molecule has 2 heterocycles. The van der Waals surface area contributed by atoms with Crippen molar-refractivity contribution >= 4 is 21.6 Å². The highest BCUT2D eigenvalue weighted by molar-refractivity contribution is 7.18. The normalized spacial score (nSPS) is 11.1. The minimum absolute atomic E-state index is 0.778. The molecule has 80 valence electrons. The lowest BCUT2D eigenvalue weighted by atomic mass is 10.3. The van der Waals surface area contributed by atoms with Crippen molar-refractivity contribution < 1.29 is 0 Å². The summed E-state index contributed by atoms with van der Waals surface area (Å²) in [6, 6.07) is 6.12. The first-order chi connectivity index (χ1) is 7.72. The van der Waals surface area contributed by atoms with Crippen LogP contribution in [0.25, 0.3) is 15.9 Å². The Labute approximate surface area is 96.6 Å². The van der Waals surface area contributed by atoms with E-state index in [0.29, 0.717) is 0 Å². The minimum Gasteiger partial charge on any atom is -0.242 e. The molecule has 0 bridgehead atoms. The first-order valence-electron chi connectivity index (χ1n) is 4.98. The van der Waals surface area contributed by atoms with Crippen molar-refractivity contribution in [3.63, 3.8) is 0 Å². The number of hydrogen-bond acceptors (Lipinski definition) is 4. The fourth-order valence-electron chi connectivity index (χ4n) is 1.64. The van der Waals surface area contributed by atoms with Crippen LogP contribution in [0.1, 0.15) is 10.8 Å². The summed E-state index contributed by atoms with van der Waals surface area (Å²) in [4.78, 5) is 8.54. The average molecular weight is 230 g/mol. The Hall–Kier alpha value is -1.75. The quantitative estimate of drug-likeness (QED) is 0.645. The molecule has 0 atom stereocenters. The minimum atomic E-state index is 0.778. The molecule has 0 N–H and O–H groups in total. The van der Waals surface area contributed by atoms with Crippen LogP contribution >= 0.6 is 11.3 Å². The van der Waals surface area contributed by atoms with E-state index in [9.17, 15) is 0 Å². The molecule has 0 saturated heterocycles. The highest BCUT2D eigenvalue weighted by atomic mass is 32.1. The molecule has 0 aliphatic rings. The Morgan fingerprint density at radius 2 is 2.12 bits per heavy atom. The van der Waals surface area contributed by atoms with Crippen molar-refractivity contribution in [3.8, 4) is 5.69 Å². The van der Waals surface area contributed by atoms with Crippen LogP contribution in [-0.4, -0.2) is 19.7 Å². The zero-order chi connectivity index (χ0) is 11.1. The summed E-state index contributed by atoms with van der Waals surface area (Å²) >= 11 is 1.70. The number of fused-ring (bicyclic) bond motifs is 1. The van der Waals surface area contributed by atoms with Gasteiger partial charge in [0.15, 0.2) is 0 Å². The van der Waals surface area contributed by atoms with E-state index in [0.717, 1.165) is 22.0 Å². The molecule has 3 rings (SSSR count). The van der Waals surface area contributed by atoms with Crippen molar-refractivity contribution in [3.05, 3.63) is 35.4 Å². The molecule has 1 aromatic carbocycles. The molecule has 5 heteroatoms. The topological polar surface area (TPSA) is 43.6 Å². The molecule has 0 aliphatic heterocycles. The van der Waals surface area contributed by atoms with E-state index in [1.807, 2.05) is 26.0 Å². The Morgan fingerprint density at radius 3 is 2.88 bits per heavy atom. The number of benzene rings is 1. The molecular formula is C11H10N4S. The SMILES string of the molecule is Cc1ncn(-c2ccc3nc(C)sc3c2)n1. The molecule has 3 aromatic rings. The Morgan fingerprint density at radius 1 is 1.25 bits per heavy atom. The summed E-state index contributed by atoms with van der Waals surface area (Å²) in [5, 5.41) is 5.37.